The van der Waals surface area contributed by atoms with Crippen LogP contribution in [0.25, 0.3) is 98.4 Å². The van der Waals surface area contributed by atoms with E-state index in [4.69, 9.17) is 18.3 Å². The average molecular weight is 719 g/mol. The Balaban J connectivity index is 0.956. The van der Waals surface area contributed by atoms with E-state index in [2.05, 4.69) is 97.1 Å². The van der Waals surface area contributed by atoms with Crippen molar-refractivity contribution in [2.45, 2.75) is 0 Å². The van der Waals surface area contributed by atoms with Crippen molar-refractivity contribution in [1.29, 1.82) is 0 Å². The summed E-state index contributed by atoms with van der Waals surface area (Å²) in [6, 6.07) is 62.9. The molecular weight excluding hydrogens is 689 g/mol. The van der Waals surface area contributed by atoms with E-state index in [0.717, 1.165) is 78.0 Å². The average Bonchev–Trinajstić information content (AvgIpc) is 3.79. The van der Waals surface area contributed by atoms with Crippen molar-refractivity contribution in [1.82, 2.24) is 0 Å². The summed E-state index contributed by atoms with van der Waals surface area (Å²) in [5.74, 6) is 3.08. The van der Waals surface area contributed by atoms with Crippen molar-refractivity contribution in [3.8, 4) is 45.3 Å². The predicted octanol–water partition coefficient (Wildman–Crippen LogP) is 15.3. The number of ether oxygens (including phenoxy) is 2. The van der Waals surface area contributed by atoms with E-state index >= 15 is 0 Å². The van der Waals surface area contributed by atoms with Crippen LogP contribution in [0.1, 0.15) is 0 Å². The zero-order valence-electron chi connectivity index (χ0n) is 30.0. The van der Waals surface area contributed by atoms with Crippen molar-refractivity contribution < 1.29 is 18.3 Å². The lowest BCUT2D eigenvalue weighted by Gasteiger charge is -2.18. The second-order valence-corrected chi connectivity index (χ2v) is 14.4. The number of rotatable bonds is 6. The maximum atomic E-state index is 6.49. The van der Waals surface area contributed by atoms with Gasteiger partial charge in [0.2, 0.25) is 0 Å². The van der Waals surface area contributed by atoms with E-state index in [9.17, 15) is 0 Å². The van der Waals surface area contributed by atoms with Crippen LogP contribution in [-0.4, -0.2) is 0 Å². The Morgan fingerprint density at radius 2 is 0.696 bits per heavy atom. The number of furan rings is 2. The highest BCUT2D eigenvalue weighted by molar-refractivity contribution is 6.29. The smallest absolute Gasteiger partial charge is 0.139 e. The molecule has 0 fully saturated rings. The number of para-hydroxylation sites is 2. The molecule has 4 nitrogen and oxygen atoms in total. The Labute approximate surface area is 320 Å². The summed E-state index contributed by atoms with van der Waals surface area (Å²) in [7, 11) is 0. The summed E-state index contributed by atoms with van der Waals surface area (Å²) in [5, 5.41) is 11.7. The quantitative estimate of drug-likeness (QED) is 0.161. The third-order valence-electron chi connectivity index (χ3n) is 11.1. The fourth-order valence-corrected chi connectivity index (χ4v) is 8.56. The largest absolute Gasteiger partial charge is 0.457 e. The molecule has 4 heteroatoms. The van der Waals surface area contributed by atoms with Crippen LogP contribution in [0.3, 0.4) is 0 Å². The molecule has 56 heavy (non-hydrogen) atoms. The normalized spacial score (nSPS) is 11.9. The molecule has 0 radical (unpaired) electrons. The van der Waals surface area contributed by atoms with Gasteiger partial charge in [0.25, 0.3) is 0 Å². The van der Waals surface area contributed by atoms with E-state index < -0.39 is 0 Å². The highest BCUT2D eigenvalue weighted by Crippen LogP contribution is 2.46. The number of hydrogen-bond acceptors (Lipinski definition) is 4. The lowest BCUT2D eigenvalue weighted by atomic mass is 9.85. The zero-order chi connectivity index (χ0) is 36.7. The Morgan fingerprint density at radius 1 is 0.286 bits per heavy atom. The van der Waals surface area contributed by atoms with Crippen molar-refractivity contribution in [3.63, 3.8) is 0 Å². The van der Waals surface area contributed by atoms with Gasteiger partial charge in [0.1, 0.15) is 45.3 Å². The van der Waals surface area contributed by atoms with Crippen molar-refractivity contribution in [3.05, 3.63) is 182 Å². The van der Waals surface area contributed by atoms with Crippen molar-refractivity contribution in [2.24, 2.45) is 0 Å². The number of fused-ring (bicyclic) bond motifs is 6. The minimum absolute atomic E-state index is 0.745. The standard InChI is InChI=1S/C52H30O4/c1-3-11-35(12-4-1)53-37-19-23-41-39-21-17-31(27-47(39)55-49(41)29-37)45-25-33-9-8-16-44-46(26-34-10-7-15-43(45)51(34)52(33)44)32-18-22-40-42-24-20-38(30-50(42)56-48(40)28-32)54-36-13-5-2-6-14-36/h1-30H. The highest BCUT2D eigenvalue weighted by atomic mass is 16.5. The minimum atomic E-state index is 0.745. The van der Waals surface area contributed by atoms with Crippen LogP contribution in [0.2, 0.25) is 0 Å². The third-order valence-corrected chi connectivity index (χ3v) is 11.1. The first-order valence-corrected chi connectivity index (χ1v) is 18.8. The molecular formula is C52H30O4. The minimum Gasteiger partial charge on any atom is -0.457 e. The van der Waals surface area contributed by atoms with Crippen LogP contribution in [0.4, 0.5) is 0 Å². The summed E-state index contributed by atoms with van der Waals surface area (Å²) in [6.45, 7) is 0. The first-order chi connectivity index (χ1) is 27.7. The fourth-order valence-electron chi connectivity index (χ4n) is 8.56. The molecule has 10 aromatic carbocycles. The molecule has 0 aliphatic heterocycles. The van der Waals surface area contributed by atoms with E-state index in [1.807, 2.05) is 84.9 Å². The molecule has 12 rings (SSSR count). The van der Waals surface area contributed by atoms with Gasteiger partial charge < -0.3 is 18.3 Å². The van der Waals surface area contributed by atoms with Gasteiger partial charge in [-0.3, -0.25) is 0 Å². The number of benzene rings is 10. The second-order valence-electron chi connectivity index (χ2n) is 14.4. The van der Waals surface area contributed by atoms with Gasteiger partial charge in [-0.2, -0.15) is 0 Å². The molecule has 0 N–H and O–H groups in total. The lowest BCUT2D eigenvalue weighted by Crippen LogP contribution is -1.90. The monoisotopic (exact) mass is 718 g/mol. The Kier molecular flexibility index (Phi) is 6.60. The molecule has 0 aliphatic carbocycles. The van der Waals surface area contributed by atoms with Gasteiger partial charge >= 0.3 is 0 Å². The van der Waals surface area contributed by atoms with E-state index in [1.165, 1.54) is 43.4 Å². The molecule has 0 aliphatic rings. The predicted molar refractivity (Wildman–Crippen MR) is 229 cm³/mol. The summed E-state index contributed by atoms with van der Waals surface area (Å²) in [4.78, 5) is 0. The van der Waals surface area contributed by atoms with Gasteiger partial charge in [0, 0.05) is 33.7 Å². The van der Waals surface area contributed by atoms with Gasteiger partial charge in [-0.1, -0.05) is 84.9 Å². The zero-order valence-corrected chi connectivity index (χ0v) is 30.0. The molecule has 262 valence electrons. The van der Waals surface area contributed by atoms with Gasteiger partial charge in [-0.15, -0.1) is 0 Å². The Bertz CT molecular complexity index is 3230. The van der Waals surface area contributed by atoms with Crippen LogP contribution in [0.5, 0.6) is 23.0 Å². The van der Waals surface area contributed by atoms with Gasteiger partial charge in [0.05, 0.1) is 0 Å². The molecule has 0 saturated heterocycles. The third kappa shape index (κ3) is 4.86. The summed E-state index contributed by atoms with van der Waals surface area (Å²) >= 11 is 0. The number of hydrogen-bond donors (Lipinski definition) is 0. The Morgan fingerprint density at radius 3 is 1.14 bits per heavy atom. The van der Waals surface area contributed by atoms with Gasteiger partial charge in [-0.25, -0.2) is 0 Å². The summed E-state index contributed by atoms with van der Waals surface area (Å²) in [5.41, 5.74) is 7.89. The maximum absolute atomic E-state index is 6.49. The summed E-state index contributed by atoms with van der Waals surface area (Å²) < 4.78 is 25.2. The second kappa shape index (κ2) is 12.0. The highest BCUT2D eigenvalue weighted by Gasteiger charge is 2.19. The van der Waals surface area contributed by atoms with Crippen molar-refractivity contribution in [2.75, 3.05) is 0 Å². The van der Waals surface area contributed by atoms with Gasteiger partial charge in [-0.05, 0) is 140 Å². The van der Waals surface area contributed by atoms with Crippen LogP contribution in [-0.2, 0) is 0 Å². The van der Waals surface area contributed by atoms with Crippen LogP contribution < -0.4 is 9.47 Å². The van der Waals surface area contributed by atoms with Crippen molar-refractivity contribution >= 4 is 76.2 Å². The molecule has 0 amide bonds. The van der Waals surface area contributed by atoms with Crippen LogP contribution >= 0.6 is 0 Å². The molecule has 0 saturated carbocycles. The Hall–Kier alpha value is -7.56. The van der Waals surface area contributed by atoms with E-state index in [0.29, 0.717) is 0 Å². The van der Waals surface area contributed by atoms with Crippen LogP contribution in [0.15, 0.2) is 191 Å². The SMILES string of the molecule is c1ccc(Oc2ccc3c(c2)oc2cc(-c4cc5cccc6c(-c7ccc8c(c7)oc7cc(Oc9ccccc9)ccc78)cc7cccc4c7c56)ccc23)cc1. The molecule has 0 bridgehead atoms. The first-order valence-electron chi connectivity index (χ1n) is 18.8. The van der Waals surface area contributed by atoms with E-state index in [1.54, 1.807) is 0 Å². The van der Waals surface area contributed by atoms with Crippen LogP contribution in [0, 0.1) is 0 Å². The molecule has 2 heterocycles. The summed E-state index contributed by atoms with van der Waals surface area (Å²) in [6.07, 6.45) is 0. The first kappa shape index (κ1) is 30.9. The molecule has 12 aromatic rings. The molecule has 0 atom stereocenters. The van der Waals surface area contributed by atoms with E-state index in [-0.39, 0.29) is 0 Å². The fraction of sp³-hybridized carbons (Fsp3) is 0. The molecule has 0 unspecified atom stereocenters. The topological polar surface area (TPSA) is 44.7 Å². The molecule has 0 spiro atoms. The van der Waals surface area contributed by atoms with Gasteiger partial charge in [0.15, 0.2) is 0 Å². The lowest BCUT2D eigenvalue weighted by molar-refractivity contribution is 0.482. The molecule has 2 aromatic heterocycles. The maximum Gasteiger partial charge on any atom is 0.139 e.